The summed E-state index contributed by atoms with van der Waals surface area (Å²) in [5.41, 5.74) is 4.89. The minimum atomic E-state index is -1.12. The fourth-order valence-electron chi connectivity index (χ4n) is 5.59. The van der Waals surface area contributed by atoms with E-state index >= 15 is 0 Å². The van der Waals surface area contributed by atoms with Crippen LogP contribution in [0.4, 0.5) is 11.4 Å². The number of aliphatic hydroxyl groups excluding tert-OH is 1. The smallest absolute Gasteiger partial charge is 0.306 e. The topological polar surface area (TPSA) is 109 Å². The highest BCUT2D eigenvalue weighted by Gasteiger charge is 2.21. The van der Waals surface area contributed by atoms with Crippen LogP contribution in [0.3, 0.4) is 0 Å². The van der Waals surface area contributed by atoms with Crippen molar-refractivity contribution in [2.75, 3.05) is 32.1 Å². The zero-order valence-corrected chi connectivity index (χ0v) is 24.1. The number of piperidine rings is 1. The van der Waals surface area contributed by atoms with Crippen LogP contribution in [0.1, 0.15) is 24.8 Å². The Morgan fingerprint density at radius 2 is 1.88 bits per heavy atom. The monoisotopic (exact) mass is 580 g/mol. The normalized spacial score (nSPS) is 15.0. The Bertz CT molecular complexity index is 1710. The Balaban J connectivity index is 1.29. The van der Waals surface area contributed by atoms with Crippen molar-refractivity contribution >= 4 is 39.1 Å². The molecule has 43 heavy (non-hydrogen) atoms. The van der Waals surface area contributed by atoms with Crippen LogP contribution in [0.25, 0.3) is 21.8 Å². The van der Waals surface area contributed by atoms with E-state index in [-0.39, 0.29) is 12.7 Å². The molecule has 9 heteroatoms. The first-order valence-corrected chi connectivity index (χ1v) is 14.6. The molecule has 1 unspecified atom stereocenters. The summed E-state index contributed by atoms with van der Waals surface area (Å²) in [6, 6.07) is 24.4. The summed E-state index contributed by atoms with van der Waals surface area (Å²) in [4.78, 5) is 17.9. The number of aromatic nitrogens is 2. The molecule has 222 valence electrons. The summed E-state index contributed by atoms with van der Waals surface area (Å²) in [7, 11) is 2.11. The summed E-state index contributed by atoms with van der Waals surface area (Å²) >= 11 is 0. The van der Waals surface area contributed by atoms with Gasteiger partial charge in [0.2, 0.25) is 0 Å². The lowest BCUT2D eigenvalue weighted by Crippen LogP contribution is -2.35. The van der Waals surface area contributed by atoms with Crippen LogP contribution in [-0.2, 0) is 11.3 Å². The van der Waals surface area contributed by atoms with Gasteiger partial charge in [0, 0.05) is 60.8 Å². The van der Waals surface area contributed by atoms with Crippen LogP contribution >= 0.6 is 0 Å². The molecule has 3 heterocycles. The van der Waals surface area contributed by atoms with E-state index in [1.807, 2.05) is 18.2 Å². The van der Waals surface area contributed by atoms with Gasteiger partial charge < -0.3 is 34.5 Å². The van der Waals surface area contributed by atoms with E-state index in [4.69, 9.17) is 14.6 Å². The SMILES string of the molecule is CN1CCC(Oc2cc(OCC(O)CC(=O)O)cc3nccc(Nc4ccc5c(ccn5Cc5ccccc5)c4)c23)CC1. The number of rotatable bonds is 11. The van der Waals surface area contributed by atoms with Crippen molar-refractivity contribution in [3.63, 3.8) is 0 Å². The van der Waals surface area contributed by atoms with Gasteiger partial charge in [-0.1, -0.05) is 30.3 Å². The molecular formula is C34H36N4O5. The van der Waals surface area contributed by atoms with Crippen LogP contribution < -0.4 is 14.8 Å². The fraction of sp³-hybridized carbons (Fsp3) is 0.294. The highest BCUT2D eigenvalue weighted by Crippen LogP contribution is 2.38. The summed E-state index contributed by atoms with van der Waals surface area (Å²) < 4.78 is 14.7. The van der Waals surface area contributed by atoms with E-state index in [1.165, 1.54) is 5.56 Å². The predicted octanol–water partition coefficient (Wildman–Crippen LogP) is 5.67. The number of likely N-dealkylation sites (tertiary alicyclic amines) is 1. The molecule has 1 atom stereocenters. The quantitative estimate of drug-likeness (QED) is 0.183. The summed E-state index contributed by atoms with van der Waals surface area (Å²) in [5.74, 6) is 0.0235. The number of nitrogens with zero attached hydrogens (tertiary/aromatic N) is 3. The van der Waals surface area contributed by atoms with Crippen molar-refractivity contribution in [3.05, 3.63) is 90.8 Å². The summed E-state index contributed by atoms with van der Waals surface area (Å²) in [6.45, 7) is 2.57. The predicted molar refractivity (Wildman–Crippen MR) is 167 cm³/mol. The van der Waals surface area contributed by atoms with Gasteiger partial charge in [0.1, 0.15) is 24.2 Å². The first kappa shape index (κ1) is 28.5. The number of carboxylic acids is 1. The van der Waals surface area contributed by atoms with Gasteiger partial charge in [0.25, 0.3) is 0 Å². The minimum Gasteiger partial charge on any atom is -0.491 e. The van der Waals surface area contributed by atoms with E-state index in [2.05, 4.69) is 81.5 Å². The Morgan fingerprint density at radius 1 is 1.07 bits per heavy atom. The molecule has 1 aliphatic heterocycles. The van der Waals surface area contributed by atoms with Crippen LogP contribution in [0.2, 0.25) is 0 Å². The summed E-state index contributed by atoms with van der Waals surface area (Å²) in [5, 5.41) is 24.6. The van der Waals surface area contributed by atoms with Gasteiger partial charge in [0.05, 0.1) is 29.1 Å². The molecule has 9 nitrogen and oxygen atoms in total. The third-order valence-electron chi connectivity index (χ3n) is 7.84. The second kappa shape index (κ2) is 12.7. The van der Waals surface area contributed by atoms with Crippen LogP contribution in [0, 0.1) is 0 Å². The Labute approximate surface area is 250 Å². The third kappa shape index (κ3) is 6.90. The lowest BCUT2D eigenvalue weighted by molar-refractivity contribution is -0.139. The molecule has 0 radical (unpaired) electrons. The zero-order valence-electron chi connectivity index (χ0n) is 24.1. The maximum atomic E-state index is 11.0. The van der Waals surface area contributed by atoms with Gasteiger partial charge in [-0.15, -0.1) is 0 Å². The van der Waals surface area contributed by atoms with Gasteiger partial charge in [-0.05, 0) is 55.8 Å². The number of aliphatic carboxylic acids is 1. The van der Waals surface area contributed by atoms with E-state index < -0.39 is 18.5 Å². The van der Waals surface area contributed by atoms with Crippen molar-refractivity contribution in [1.82, 2.24) is 14.5 Å². The number of aliphatic hydroxyl groups is 1. The van der Waals surface area contributed by atoms with E-state index in [9.17, 15) is 9.90 Å². The second-order valence-electron chi connectivity index (χ2n) is 11.2. The van der Waals surface area contributed by atoms with Gasteiger partial charge in [0.15, 0.2) is 0 Å². The molecule has 0 amide bonds. The molecule has 0 bridgehead atoms. The number of benzene rings is 3. The Morgan fingerprint density at radius 3 is 2.67 bits per heavy atom. The molecule has 0 saturated carbocycles. The lowest BCUT2D eigenvalue weighted by Gasteiger charge is -2.30. The average Bonchev–Trinajstić information content (AvgIpc) is 3.39. The van der Waals surface area contributed by atoms with Gasteiger partial charge in [-0.25, -0.2) is 0 Å². The van der Waals surface area contributed by atoms with Crippen molar-refractivity contribution in [2.45, 2.75) is 38.0 Å². The molecular weight excluding hydrogens is 544 g/mol. The molecule has 5 aromatic rings. The number of fused-ring (bicyclic) bond motifs is 2. The number of nitrogens with one attached hydrogen (secondary N) is 1. The number of hydrogen-bond acceptors (Lipinski definition) is 7. The fourth-order valence-corrected chi connectivity index (χ4v) is 5.59. The van der Waals surface area contributed by atoms with Crippen LogP contribution in [0.15, 0.2) is 85.2 Å². The first-order chi connectivity index (χ1) is 20.9. The second-order valence-corrected chi connectivity index (χ2v) is 11.2. The molecule has 0 aliphatic carbocycles. The van der Waals surface area contributed by atoms with Crippen LogP contribution in [-0.4, -0.2) is 69.6 Å². The molecule has 3 N–H and O–H groups in total. The molecule has 3 aromatic carbocycles. The number of carbonyl (C=O) groups is 1. The lowest BCUT2D eigenvalue weighted by atomic mass is 10.1. The molecule has 1 aliphatic rings. The highest BCUT2D eigenvalue weighted by atomic mass is 16.5. The number of carboxylic acid groups (broad SMARTS) is 1. The minimum absolute atomic E-state index is 0.0426. The van der Waals surface area contributed by atoms with Gasteiger partial charge in [-0.3, -0.25) is 9.78 Å². The zero-order chi connectivity index (χ0) is 29.8. The average molecular weight is 581 g/mol. The standard InChI is InChI=1S/C34H36N4O5/c1-37-14-11-27(12-15-37)43-32-20-28(42-22-26(39)18-33(40)41)19-30-34(32)29(9-13-35-30)36-25-7-8-31-24(17-25)10-16-38(31)21-23-5-3-2-4-6-23/h2-10,13,16-17,19-20,26-27,39H,11-12,14-15,18,21-22H2,1H3,(H,35,36)(H,40,41). The van der Waals surface area contributed by atoms with Crippen molar-refractivity contribution in [2.24, 2.45) is 0 Å². The number of hydrogen-bond donors (Lipinski definition) is 3. The van der Waals surface area contributed by atoms with E-state index in [0.717, 1.165) is 60.1 Å². The molecule has 0 spiro atoms. The Kier molecular flexibility index (Phi) is 8.44. The van der Waals surface area contributed by atoms with E-state index in [1.54, 1.807) is 12.3 Å². The summed E-state index contributed by atoms with van der Waals surface area (Å²) in [6.07, 6.45) is 4.19. The van der Waals surface area contributed by atoms with E-state index in [0.29, 0.717) is 17.0 Å². The maximum Gasteiger partial charge on any atom is 0.306 e. The molecule has 1 fully saturated rings. The first-order valence-electron chi connectivity index (χ1n) is 14.6. The van der Waals surface area contributed by atoms with Gasteiger partial charge in [-0.2, -0.15) is 0 Å². The van der Waals surface area contributed by atoms with Crippen LogP contribution in [0.5, 0.6) is 11.5 Å². The number of ether oxygens (including phenoxy) is 2. The van der Waals surface area contributed by atoms with Crippen molar-refractivity contribution < 1.29 is 24.5 Å². The van der Waals surface area contributed by atoms with Crippen molar-refractivity contribution in [1.29, 1.82) is 0 Å². The molecule has 1 saturated heterocycles. The largest absolute Gasteiger partial charge is 0.491 e. The van der Waals surface area contributed by atoms with Crippen molar-refractivity contribution in [3.8, 4) is 11.5 Å². The third-order valence-corrected chi connectivity index (χ3v) is 7.84. The maximum absolute atomic E-state index is 11.0. The number of anilines is 2. The molecule has 6 rings (SSSR count). The van der Waals surface area contributed by atoms with Gasteiger partial charge >= 0.3 is 5.97 Å². The number of pyridine rings is 1. The highest BCUT2D eigenvalue weighted by molar-refractivity contribution is 5.99. The molecule has 2 aromatic heterocycles. The Hall–Kier alpha value is -4.60.